The van der Waals surface area contributed by atoms with Crippen molar-refractivity contribution in [3.8, 4) is 11.1 Å². The molecule has 2 amide bonds. The minimum Gasteiger partial charge on any atom is -0.339 e. The number of nitrogens with zero attached hydrogens (tertiary/aromatic N) is 4. The van der Waals surface area contributed by atoms with Gasteiger partial charge in [0.2, 0.25) is 0 Å². The van der Waals surface area contributed by atoms with Crippen LogP contribution in [0.3, 0.4) is 0 Å². The molecule has 0 spiro atoms. The summed E-state index contributed by atoms with van der Waals surface area (Å²) >= 11 is 0. The Bertz CT molecular complexity index is 1070. The molecule has 7 nitrogen and oxygen atoms in total. The molecule has 0 atom stereocenters. The first-order valence-corrected chi connectivity index (χ1v) is 9.12. The summed E-state index contributed by atoms with van der Waals surface area (Å²) in [7, 11) is 1.74. The SMILES string of the molecule is Cc1nc(NC(=O)c2cc3n(n2)CCN(C)C3=O)cc(-c2ccccc2)c1C. The van der Waals surface area contributed by atoms with E-state index in [1.807, 2.05) is 50.2 Å². The Morgan fingerprint density at radius 2 is 1.86 bits per heavy atom. The quantitative estimate of drug-likeness (QED) is 0.763. The Hall–Kier alpha value is -3.48. The van der Waals surface area contributed by atoms with Crippen molar-refractivity contribution in [1.82, 2.24) is 19.7 Å². The smallest absolute Gasteiger partial charge is 0.277 e. The number of hydrogen-bond donors (Lipinski definition) is 1. The average Bonchev–Trinajstić information content (AvgIpc) is 3.13. The second-order valence-electron chi connectivity index (χ2n) is 6.95. The van der Waals surface area contributed by atoms with Crippen LogP contribution in [0.5, 0.6) is 0 Å². The van der Waals surface area contributed by atoms with Gasteiger partial charge in [0.1, 0.15) is 11.5 Å². The summed E-state index contributed by atoms with van der Waals surface area (Å²) in [6.07, 6.45) is 0. The van der Waals surface area contributed by atoms with Crippen molar-refractivity contribution in [3.05, 3.63) is 65.1 Å². The number of fused-ring (bicyclic) bond motifs is 1. The van der Waals surface area contributed by atoms with Crippen molar-refractivity contribution in [2.24, 2.45) is 0 Å². The molecule has 7 heteroatoms. The van der Waals surface area contributed by atoms with Gasteiger partial charge in [-0.05, 0) is 36.6 Å². The lowest BCUT2D eigenvalue weighted by Gasteiger charge is -2.22. The molecule has 0 saturated heterocycles. The monoisotopic (exact) mass is 375 g/mol. The summed E-state index contributed by atoms with van der Waals surface area (Å²) in [5.41, 5.74) is 4.63. The number of anilines is 1. The van der Waals surface area contributed by atoms with Crippen molar-refractivity contribution < 1.29 is 9.59 Å². The fourth-order valence-electron chi connectivity index (χ4n) is 3.31. The van der Waals surface area contributed by atoms with Crippen LogP contribution < -0.4 is 5.32 Å². The van der Waals surface area contributed by atoms with E-state index < -0.39 is 0 Å². The average molecular weight is 375 g/mol. The summed E-state index contributed by atoms with van der Waals surface area (Å²) in [6, 6.07) is 13.4. The first-order valence-electron chi connectivity index (χ1n) is 9.12. The van der Waals surface area contributed by atoms with E-state index in [2.05, 4.69) is 15.4 Å². The molecule has 0 bridgehead atoms. The van der Waals surface area contributed by atoms with E-state index >= 15 is 0 Å². The number of aryl methyl sites for hydroxylation is 1. The van der Waals surface area contributed by atoms with Gasteiger partial charge in [-0.15, -0.1) is 0 Å². The Labute approximate surface area is 163 Å². The van der Waals surface area contributed by atoms with Gasteiger partial charge in [0, 0.05) is 25.4 Å². The zero-order valence-electron chi connectivity index (χ0n) is 16.1. The molecule has 2 aromatic heterocycles. The van der Waals surface area contributed by atoms with Crippen molar-refractivity contribution in [3.63, 3.8) is 0 Å². The highest BCUT2D eigenvalue weighted by molar-refractivity contribution is 6.04. The first-order chi connectivity index (χ1) is 13.4. The van der Waals surface area contributed by atoms with E-state index in [-0.39, 0.29) is 17.5 Å². The standard InChI is InChI=1S/C21H21N5O2/c1-13-14(2)22-19(11-16(13)15-7-5-4-6-8-15)23-20(27)17-12-18-21(28)25(3)9-10-26(18)24-17/h4-8,11-12H,9-10H2,1-3H3,(H,22,23,27). The lowest BCUT2D eigenvalue weighted by atomic mass is 10.0. The van der Waals surface area contributed by atoms with E-state index in [4.69, 9.17) is 0 Å². The number of likely N-dealkylation sites (N-methyl/N-ethyl adjacent to an activating group) is 1. The molecule has 0 aliphatic carbocycles. The minimum atomic E-state index is -0.382. The number of amides is 2. The highest BCUT2D eigenvalue weighted by Gasteiger charge is 2.25. The van der Waals surface area contributed by atoms with E-state index in [0.29, 0.717) is 24.6 Å². The summed E-state index contributed by atoms with van der Waals surface area (Å²) in [4.78, 5) is 31.0. The molecular weight excluding hydrogens is 354 g/mol. The Kier molecular flexibility index (Phi) is 4.43. The number of aromatic nitrogens is 3. The molecule has 28 heavy (non-hydrogen) atoms. The molecule has 1 N–H and O–H groups in total. The Balaban J connectivity index is 1.63. The predicted octanol–water partition coefficient (Wildman–Crippen LogP) is 2.90. The molecule has 1 aromatic carbocycles. The van der Waals surface area contributed by atoms with Crippen LogP contribution in [0.4, 0.5) is 5.82 Å². The summed E-state index contributed by atoms with van der Waals surface area (Å²) in [5, 5.41) is 7.10. The second kappa shape index (κ2) is 6.92. The highest BCUT2D eigenvalue weighted by Crippen LogP contribution is 2.27. The van der Waals surface area contributed by atoms with Gasteiger partial charge in [-0.3, -0.25) is 14.3 Å². The molecule has 142 valence electrons. The number of rotatable bonds is 3. The largest absolute Gasteiger partial charge is 0.339 e. The molecule has 3 heterocycles. The third-order valence-electron chi connectivity index (χ3n) is 5.07. The van der Waals surface area contributed by atoms with Crippen LogP contribution in [0, 0.1) is 13.8 Å². The Morgan fingerprint density at radius 3 is 2.61 bits per heavy atom. The van der Waals surface area contributed by atoms with E-state index in [9.17, 15) is 9.59 Å². The summed E-state index contributed by atoms with van der Waals surface area (Å²) < 4.78 is 1.58. The number of nitrogens with one attached hydrogen (secondary N) is 1. The zero-order valence-corrected chi connectivity index (χ0v) is 16.1. The number of hydrogen-bond acceptors (Lipinski definition) is 4. The topological polar surface area (TPSA) is 80.1 Å². The number of carbonyl (C=O) groups is 2. The van der Waals surface area contributed by atoms with Crippen molar-refractivity contribution in [1.29, 1.82) is 0 Å². The first kappa shape index (κ1) is 17.9. The molecule has 4 rings (SSSR count). The van der Waals surface area contributed by atoms with Gasteiger partial charge >= 0.3 is 0 Å². The molecule has 0 saturated carbocycles. The van der Waals surface area contributed by atoms with Crippen molar-refractivity contribution in [2.45, 2.75) is 20.4 Å². The lowest BCUT2D eigenvalue weighted by Crippen LogP contribution is -2.37. The van der Waals surface area contributed by atoms with Gasteiger partial charge in [0.15, 0.2) is 5.69 Å². The fourth-order valence-corrected chi connectivity index (χ4v) is 3.31. The van der Waals surface area contributed by atoms with Crippen LogP contribution in [-0.2, 0) is 6.54 Å². The summed E-state index contributed by atoms with van der Waals surface area (Å²) in [6.45, 7) is 5.09. The maximum absolute atomic E-state index is 12.7. The van der Waals surface area contributed by atoms with Crippen LogP contribution >= 0.6 is 0 Å². The third-order valence-corrected chi connectivity index (χ3v) is 5.07. The van der Waals surface area contributed by atoms with Crippen LogP contribution in [-0.4, -0.2) is 45.1 Å². The molecular formula is C21H21N5O2. The second-order valence-corrected chi connectivity index (χ2v) is 6.95. The van der Waals surface area contributed by atoms with Gasteiger partial charge in [0.05, 0.1) is 6.54 Å². The van der Waals surface area contributed by atoms with Gasteiger partial charge < -0.3 is 10.2 Å². The molecule has 1 aliphatic heterocycles. The van der Waals surface area contributed by atoms with Crippen LogP contribution in [0.1, 0.15) is 32.2 Å². The Morgan fingerprint density at radius 1 is 1.11 bits per heavy atom. The third kappa shape index (κ3) is 3.15. The molecule has 0 radical (unpaired) electrons. The number of benzene rings is 1. The molecule has 1 aliphatic rings. The van der Waals surface area contributed by atoms with Gasteiger partial charge in [-0.2, -0.15) is 5.10 Å². The van der Waals surface area contributed by atoms with Crippen LogP contribution in [0.2, 0.25) is 0 Å². The zero-order chi connectivity index (χ0) is 19.8. The van der Waals surface area contributed by atoms with Gasteiger partial charge in [-0.1, -0.05) is 30.3 Å². The van der Waals surface area contributed by atoms with Crippen molar-refractivity contribution >= 4 is 17.6 Å². The minimum absolute atomic E-state index is 0.131. The van der Waals surface area contributed by atoms with Crippen LogP contribution in [0.25, 0.3) is 11.1 Å². The molecule has 3 aromatic rings. The number of carbonyl (C=O) groups excluding carboxylic acids is 2. The maximum atomic E-state index is 12.7. The molecule has 0 unspecified atom stereocenters. The van der Waals surface area contributed by atoms with Crippen LogP contribution in [0.15, 0.2) is 42.5 Å². The van der Waals surface area contributed by atoms with E-state index in [0.717, 1.165) is 22.4 Å². The van der Waals surface area contributed by atoms with Gasteiger partial charge in [-0.25, -0.2) is 4.98 Å². The molecule has 0 fully saturated rings. The summed E-state index contributed by atoms with van der Waals surface area (Å²) in [5.74, 6) is -0.0537. The normalized spacial score (nSPS) is 13.4. The van der Waals surface area contributed by atoms with Crippen molar-refractivity contribution in [2.75, 3.05) is 18.9 Å². The highest BCUT2D eigenvalue weighted by atomic mass is 16.2. The predicted molar refractivity (Wildman–Crippen MR) is 106 cm³/mol. The van der Waals surface area contributed by atoms with E-state index in [1.165, 1.54) is 6.07 Å². The van der Waals surface area contributed by atoms with Gasteiger partial charge in [0.25, 0.3) is 11.8 Å². The number of pyridine rings is 1. The fraction of sp³-hybridized carbons (Fsp3) is 0.238. The van der Waals surface area contributed by atoms with E-state index in [1.54, 1.807) is 16.6 Å². The lowest BCUT2D eigenvalue weighted by molar-refractivity contribution is 0.0742. The maximum Gasteiger partial charge on any atom is 0.277 e.